The van der Waals surface area contributed by atoms with Gasteiger partial charge in [0.2, 0.25) is 16.6 Å². The summed E-state index contributed by atoms with van der Waals surface area (Å²) < 4.78 is 12.6. The summed E-state index contributed by atoms with van der Waals surface area (Å²) in [7, 11) is -3.41. The third kappa shape index (κ3) is 9.93. The van der Waals surface area contributed by atoms with Gasteiger partial charge < -0.3 is 33.7 Å². The Morgan fingerprint density at radius 2 is 0.829 bits per heavy atom. The Kier molecular flexibility index (Phi) is 16.0. The predicted molar refractivity (Wildman–Crippen MR) is 145 cm³/mol. The summed E-state index contributed by atoms with van der Waals surface area (Å²) in [5.74, 6) is 2.85. The van der Waals surface area contributed by atoms with Gasteiger partial charge in [-0.1, -0.05) is 92.6 Å². The van der Waals surface area contributed by atoms with Crippen molar-refractivity contribution in [3.8, 4) is 0 Å². The first-order chi connectivity index (χ1) is 14.1. The van der Waals surface area contributed by atoms with Crippen LogP contribution in [0.1, 0.15) is 83.1 Å². The third-order valence-electron chi connectivity index (χ3n) is 8.19. The Labute approximate surface area is 252 Å². The van der Waals surface area contributed by atoms with Crippen LogP contribution in [0.4, 0.5) is 0 Å². The maximum Gasteiger partial charge on any atom is 4.00 e. The zero-order valence-corrected chi connectivity index (χ0v) is 31.2. The molecule has 2 rings (SSSR count). The van der Waals surface area contributed by atoms with Gasteiger partial charge in [0.15, 0.2) is 0 Å². The Balaban J connectivity index is -0.000000539. The molecule has 2 unspecified atom stereocenters. The monoisotopic (exact) mass is 634 g/mol. The van der Waals surface area contributed by atoms with Crippen LogP contribution < -0.4 is 24.8 Å². The van der Waals surface area contributed by atoms with Crippen LogP contribution in [0.25, 0.3) is 0 Å². The first-order valence-corrected chi connectivity index (χ1v) is 17.9. The van der Waals surface area contributed by atoms with Crippen molar-refractivity contribution in [2.75, 3.05) is 0 Å². The first kappa shape index (κ1) is 40.0. The van der Waals surface area contributed by atoms with Gasteiger partial charge in [-0.2, -0.15) is 22.3 Å². The molecule has 2 aliphatic carbocycles. The molecular weight excluding hydrogens is 587 g/mol. The van der Waals surface area contributed by atoms with Crippen LogP contribution in [0.15, 0.2) is 33.8 Å². The molecule has 0 N–H and O–H groups in total. The van der Waals surface area contributed by atoms with Gasteiger partial charge in [0.1, 0.15) is 0 Å². The summed E-state index contributed by atoms with van der Waals surface area (Å²) in [6, 6.07) is 0. The summed E-state index contributed by atoms with van der Waals surface area (Å²) in [6.45, 7) is 35.8. The van der Waals surface area contributed by atoms with E-state index in [0.29, 0.717) is 11.8 Å². The number of hydrogen-bond acceptors (Lipinski definition) is 2. The average Bonchev–Trinajstić information content (AvgIpc) is 2.97. The van der Waals surface area contributed by atoms with E-state index in [1.807, 2.05) is 0 Å². The van der Waals surface area contributed by atoms with Gasteiger partial charge in [-0.3, -0.25) is 0 Å². The second-order valence-electron chi connectivity index (χ2n) is 12.7. The maximum atomic E-state index is 6.30. The molecule has 2 nitrogen and oxygen atoms in total. The molecule has 0 saturated heterocycles. The van der Waals surface area contributed by atoms with E-state index in [-0.39, 0.29) is 61.1 Å². The van der Waals surface area contributed by atoms with Crippen molar-refractivity contribution >= 4 is 16.6 Å². The molecule has 0 spiro atoms. The quantitative estimate of drug-likeness (QED) is 0.348. The van der Waals surface area contributed by atoms with Crippen molar-refractivity contribution in [3.05, 3.63) is 46.0 Å². The summed E-state index contributed by atoms with van der Waals surface area (Å²) in [4.78, 5) is 0. The van der Waals surface area contributed by atoms with E-state index in [1.54, 1.807) is 0 Å². The molecule has 0 aromatic carbocycles. The first-order valence-electron chi connectivity index (χ1n) is 12.1. The van der Waals surface area contributed by atoms with Crippen LogP contribution in [0.3, 0.4) is 0 Å². The van der Waals surface area contributed by atoms with Gasteiger partial charge in [-0.15, -0.1) is 13.8 Å². The zero-order valence-electron chi connectivity index (χ0n) is 25.2. The second kappa shape index (κ2) is 14.0. The standard InChI is InChI=1S/2C14H25OSi.2ClH.Zr/c2*1-10-9-13(12(3)11(10)2)15-16(7,8)14(4,5)6;;;/h2*10H,1-8H3;2*1H;/q2*-1;;;+4/p-2. The molecule has 0 heterocycles. The average molecular weight is 637 g/mol. The van der Waals surface area contributed by atoms with E-state index >= 15 is 0 Å². The summed E-state index contributed by atoms with van der Waals surface area (Å²) in [5.41, 5.74) is 5.37. The van der Waals surface area contributed by atoms with E-state index in [0.717, 1.165) is 11.5 Å². The molecule has 0 radical (unpaired) electrons. The Hall–Kier alpha value is 0.457. The molecule has 200 valence electrons. The summed E-state index contributed by atoms with van der Waals surface area (Å²) in [6.07, 6.45) is 6.87. The summed E-state index contributed by atoms with van der Waals surface area (Å²) in [5, 5.41) is 0.503. The van der Waals surface area contributed by atoms with E-state index in [2.05, 4.69) is 121 Å². The van der Waals surface area contributed by atoms with Gasteiger partial charge in [0, 0.05) is 0 Å². The van der Waals surface area contributed by atoms with Crippen LogP contribution in [0, 0.1) is 24.0 Å². The molecular formula is C28H50Cl2O2Si2Zr. The zero-order chi connectivity index (χ0) is 25.4. The van der Waals surface area contributed by atoms with Gasteiger partial charge >= 0.3 is 26.2 Å². The number of halogens is 2. The minimum atomic E-state index is -1.70. The smallest absolute Gasteiger partial charge is 1.00 e. The topological polar surface area (TPSA) is 18.5 Å². The van der Waals surface area contributed by atoms with Crippen LogP contribution in [0.5, 0.6) is 0 Å². The van der Waals surface area contributed by atoms with Crippen LogP contribution in [0.2, 0.25) is 36.3 Å². The number of hydrogen-bond donors (Lipinski definition) is 0. The molecule has 2 atom stereocenters. The van der Waals surface area contributed by atoms with Gasteiger partial charge in [-0.25, -0.2) is 12.2 Å². The van der Waals surface area contributed by atoms with E-state index < -0.39 is 16.6 Å². The SMILES string of the molecule is CC1=C(C)C(C)[C-]=C1O[Si](C)(C)C(C)(C)C.CC1=C(C)C(C)[C-]=C1O[Si](C)(C)C(C)(C)C.[Cl-].[Cl-].[Zr+4]. The van der Waals surface area contributed by atoms with Crippen molar-refractivity contribution in [3.63, 3.8) is 0 Å². The van der Waals surface area contributed by atoms with E-state index in [9.17, 15) is 0 Å². The van der Waals surface area contributed by atoms with Crippen LogP contribution in [-0.4, -0.2) is 16.6 Å². The summed E-state index contributed by atoms with van der Waals surface area (Å²) >= 11 is 0. The van der Waals surface area contributed by atoms with E-state index in [4.69, 9.17) is 8.85 Å². The van der Waals surface area contributed by atoms with Crippen LogP contribution in [-0.2, 0) is 35.1 Å². The molecule has 0 amide bonds. The largest absolute Gasteiger partial charge is 4.00 e. The maximum absolute atomic E-state index is 6.30. The molecule has 35 heavy (non-hydrogen) atoms. The number of allylic oxidation sites excluding steroid dienone is 6. The minimum Gasteiger partial charge on any atom is -1.00 e. The van der Waals surface area contributed by atoms with Crippen molar-refractivity contribution in [1.29, 1.82) is 0 Å². The Morgan fingerprint density at radius 1 is 0.600 bits per heavy atom. The third-order valence-corrected chi connectivity index (χ3v) is 16.8. The Morgan fingerprint density at radius 3 is 0.971 bits per heavy atom. The predicted octanol–water partition coefficient (Wildman–Crippen LogP) is 3.37. The molecule has 0 bridgehead atoms. The molecule has 0 aromatic heterocycles. The molecule has 2 aliphatic rings. The van der Waals surface area contributed by atoms with Crippen molar-refractivity contribution in [2.24, 2.45) is 11.8 Å². The van der Waals surface area contributed by atoms with E-state index in [1.165, 1.54) is 22.3 Å². The molecule has 0 fully saturated rings. The van der Waals surface area contributed by atoms with Crippen molar-refractivity contribution < 1.29 is 59.9 Å². The second-order valence-corrected chi connectivity index (χ2v) is 22.2. The van der Waals surface area contributed by atoms with Gasteiger partial charge in [0.05, 0.1) is 0 Å². The normalized spacial score (nSPS) is 20.6. The fourth-order valence-electron chi connectivity index (χ4n) is 2.86. The van der Waals surface area contributed by atoms with Gasteiger partial charge in [-0.05, 0) is 36.3 Å². The van der Waals surface area contributed by atoms with Gasteiger partial charge in [0.25, 0.3) is 0 Å². The number of rotatable bonds is 4. The van der Waals surface area contributed by atoms with Crippen LogP contribution >= 0.6 is 0 Å². The fourth-order valence-corrected chi connectivity index (χ4v) is 4.92. The van der Waals surface area contributed by atoms with Crippen molar-refractivity contribution in [1.82, 2.24) is 0 Å². The minimum absolute atomic E-state index is 0. The molecule has 0 aliphatic heterocycles. The fraction of sp³-hybridized carbons (Fsp3) is 0.714. The molecule has 0 aromatic rings. The molecule has 7 heteroatoms. The van der Waals surface area contributed by atoms with Crippen molar-refractivity contribution in [2.45, 2.75) is 119 Å². The molecule has 0 saturated carbocycles. The Bertz CT molecular complexity index is 772.